The zero-order chi connectivity index (χ0) is 15.6. The Bertz CT molecular complexity index is 628. The summed E-state index contributed by atoms with van der Waals surface area (Å²) >= 11 is 4.90. The molecule has 0 aliphatic heterocycles. The lowest BCUT2D eigenvalue weighted by atomic mass is 9.94. The third-order valence-electron chi connectivity index (χ3n) is 4.49. The fourth-order valence-electron chi connectivity index (χ4n) is 3.07. The van der Waals surface area contributed by atoms with Crippen molar-refractivity contribution in [1.29, 1.82) is 0 Å². The number of benzene rings is 1. The van der Waals surface area contributed by atoms with Crippen LogP contribution >= 0.6 is 12.2 Å². The standard InChI is InChI=1S/C15H22N2O2S2/c1-3-11-7-8-14(10(11)2)17-21(18,19)13-6-4-5-12(9-13)15(16)20/h4-6,9-11,14,17H,3,7-8H2,1-2H3,(H2,16,20). The van der Waals surface area contributed by atoms with E-state index in [0.717, 1.165) is 19.3 Å². The summed E-state index contributed by atoms with van der Waals surface area (Å²) in [6.45, 7) is 4.28. The van der Waals surface area contributed by atoms with Crippen LogP contribution in [0.2, 0.25) is 0 Å². The highest BCUT2D eigenvalue weighted by Crippen LogP contribution is 2.34. The topological polar surface area (TPSA) is 72.2 Å². The van der Waals surface area contributed by atoms with Gasteiger partial charge in [0.25, 0.3) is 0 Å². The molecule has 0 amide bonds. The lowest BCUT2D eigenvalue weighted by molar-refractivity contribution is 0.368. The van der Waals surface area contributed by atoms with Crippen molar-refractivity contribution in [3.63, 3.8) is 0 Å². The zero-order valence-electron chi connectivity index (χ0n) is 12.4. The Labute approximate surface area is 132 Å². The van der Waals surface area contributed by atoms with Gasteiger partial charge in [0.2, 0.25) is 10.0 Å². The predicted molar refractivity (Wildman–Crippen MR) is 88.6 cm³/mol. The quantitative estimate of drug-likeness (QED) is 0.815. The van der Waals surface area contributed by atoms with Gasteiger partial charge in [0.1, 0.15) is 4.99 Å². The maximum absolute atomic E-state index is 12.5. The minimum absolute atomic E-state index is 0.00781. The molecule has 0 bridgehead atoms. The summed E-state index contributed by atoms with van der Waals surface area (Å²) in [6.07, 6.45) is 3.07. The number of nitrogens with one attached hydrogen (secondary N) is 1. The van der Waals surface area contributed by atoms with Crippen molar-refractivity contribution in [3.8, 4) is 0 Å². The van der Waals surface area contributed by atoms with Crippen molar-refractivity contribution in [1.82, 2.24) is 4.72 Å². The normalized spacial score (nSPS) is 25.9. The van der Waals surface area contributed by atoms with Crippen LogP contribution in [-0.4, -0.2) is 19.4 Å². The van der Waals surface area contributed by atoms with E-state index >= 15 is 0 Å². The first kappa shape index (κ1) is 16.4. The molecule has 116 valence electrons. The van der Waals surface area contributed by atoms with Gasteiger partial charge in [-0.2, -0.15) is 0 Å². The Morgan fingerprint density at radius 1 is 1.43 bits per heavy atom. The Morgan fingerprint density at radius 2 is 2.14 bits per heavy atom. The van der Waals surface area contributed by atoms with Gasteiger partial charge < -0.3 is 5.73 Å². The summed E-state index contributed by atoms with van der Waals surface area (Å²) in [5, 5.41) is 0. The second-order valence-electron chi connectivity index (χ2n) is 5.72. The second kappa shape index (κ2) is 6.42. The summed E-state index contributed by atoms with van der Waals surface area (Å²) in [7, 11) is -3.53. The van der Waals surface area contributed by atoms with E-state index in [1.54, 1.807) is 18.2 Å². The molecular formula is C15H22N2O2S2. The average molecular weight is 326 g/mol. The van der Waals surface area contributed by atoms with Crippen molar-refractivity contribution in [2.75, 3.05) is 0 Å². The van der Waals surface area contributed by atoms with Crippen molar-refractivity contribution in [2.45, 2.75) is 44.0 Å². The van der Waals surface area contributed by atoms with Crippen LogP contribution in [-0.2, 0) is 10.0 Å². The minimum Gasteiger partial charge on any atom is -0.389 e. The van der Waals surface area contributed by atoms with Crippen LogP contribution in [0, 0.1) is 11.8 Å². The van der Waals surface area contributed by atoms with E-state index in [-0.39, 0.29) is 15.9 Å². The maximum atomic E-state index is 12.5. The fourth-order valence-corrected chi connectivity index (χ4v) is 4.61. The van der Waals surface area contributed by atoms with E-state index in [4.69, 9.17) is 18.0 Å². The van der Waals surface area contributed by atoms with Crippen molar-refractivity contribution in [2.24, 2.45) is 17.6 Å². The summed E-state index contributed by atoms with van der Waals surface area (Å²) < 4.78 is 27.9. The van der Waals surface area contributed by atoms with Crippen molar-refractivity contribution >= 4 is 27.2 Å². The van der Waals surface area contributed by atoms with E-state index in [0.29, 0.717) is 17.4 Å². The number of sulfonamides is 1. The predicted octanol–water partition coefficient (Wildman–Crippen LogP) is 2.42. The summed E-state index contributed by atoms with van der Waals surface area (Å²) in [5.74, 6) is 0.962. The molecule has 21 heavy (non-hydrogen) atoms. The first-order valence-corrected chi connectivity index (χ1v) is 9.16. The molecule has 2 rings (SSSR count). The largest absolute Gasteiger partial charge is 0.389 e. The molecule has 1 saturated carbocycles. The SMILES string of the molecule is CCC1CCC(NS(=O)(=O)c2cccc(C(N)=S)c2)C1C. The molecule has 0 aromatic heterocycles. The van der Waals surface area contributed by atoms with Crippen LogP contribution in [0.5, 0.6) is 0 Å². The van der Waals surface area contributed by atoms with E-state index in [9.17, 15) is 8.42 Å². The highest BCUT2D eigenvalue weighted by atomic mass is 32.2. The molecular weight excluding hydrogens is 304 g/mol. The Hall–Kier alpha value is -0.980. The molecule has 1 aromatic carbocycles. The van der Waals surface area contributed by atoms with Crippen LogP contribution < -0.4 is 10.5 Å². The first-order valence-electron chi connectivity index (χ1n) is 7.27. The fraction of sp³-hybridized carbons (Fsp3) is 0.533. The third kappa shape index (κ3) is 3.62. The second-order valence-corrected chi connectivity index (χ2v) is 7.88. The van der Waals surface area contributed by atoms with Gasteiger partial charge >= 0.3 is 0 Å². The van der Waals surface area contributed by atoms with Gasteiger partial charge in [-0.1, -0.05) is 44.6 Å². The molecule has 3 atom stereocenters. The molecule has 0 radical (unpaired) electrons. The number of hydrogen-bond acceptors (Lipinski definition) is 3. The molecule has 4 nitrogen and oxygen atoms in total. The molecule has 1 aliphatic rings. The molecule has 1 aromatic rings. The molecule has 0 spiro atoms. The Morgan fingerprint density at radius 3 is 2.71 bits per heavy atom. The minimum atomic E-state index is -3.53. The zero-order valence-corrected chi connectivity index (χ0v) is 14.0. The van der Waals surface area contributed by atoms with Crippen LogP contribution in [0.25, 0.3) is 0 Å². The first-order chi connectivity index (χ1) is 9.85. The van der Waals surface area contributed by atoms with Gasteiger partial charge in [-0.05, 0) is 36.8 Å². The smallest absolute Gasteiger partial charge is 0.240 e. The van der Waals surface area contributed by atoms with Gasteiger partial charge in [0.15, 0.2) is 0 Å². The summed E-state index contributed by atoms with van der Waals surface area (Å²) in [5.41, 5.74) is 6.13. The van der Waals surface area contributed by atoms with E-state index < -0.39 is 10.0 Å². The molecule has 0 heterocycles. The third-order valence-corrected chi connectivity index (χ3v) is 6.21. The number of rotatable bonds is 5. The van der Waals surface area contributed by atoms with E-state index in [1.807, 2.05) is 0 Å². The van der Waals surface area contributed by atoms with E-state index in [2.05, 4.69) is 18.6 Å². The highest BCUT2D eigenvalue weighted by molar-refractivity contribution is 7.89. The van der Waals surface area contributed by atoms with Crippen LogP contribution in [0.1, 0.15) is 38.7 Å². The van der Waals surface area contributed by atoms with Crippen LogP contribution in [0.3, 0.4) is 0 Å². The molecule has 3 unspecified atom stereocenters. The molecule has 1 aliphatic carbocycles. The van der Waals surface area contributed by atoms with Crippen LogP contribution in [0.4, 0.5) is 0 Å². The lowest BCUT2D eigenvalue weighted by Gasteiger charge is -2.21. The van der Waals surface area contributed by atoms with Crippen molar-refractivity contribution < 1.29 is 8.42 Å². The van der Waals surface area contributed by atoms with Gasteiger partial charge in [-0.15, -0.1) is 0 Å². The number of hydrogen-bond donors (Lipinski definition) is 2. The summed E-state index contributed by atoms with van der Waals surface area (Å²) in [6, 6.07) is 6.49. The molecule has 0 saturated heterocycles. The highest BCUT2D eigenvalue weighted by Gasteiger charge is 2.34. The summed E-state index contributed by atoms with van der Waals surface area (Å²) in [4.78, 5) is 0.423. The van der Waals surface area contributed by atoms with Gasteiger partial charge in [0.05, 0.1) is 4.90 Å². The number of thiocarbonyl (C=S) groups is 1. The molecule has 3 N–H and O–H groups in total. The van der Waals surface area contributed by atoms with Gasteiger partial charge in [-0.25, -0.2) is 13.1 Å². The molecule has 1 fully saturated rings. The van der Waals surface area contributed by atoms with Gasteiger partial charge in [0, 0.05) is 11.6 Å². The van der Waals surface area contributed by atoms with Crippen molar-refractivity contribution in [3.05, 3.63) is 29.8 Å². The number of nitrogens with two attached hydrogens (primary N) is 1. The monoisotopic (exact) mass is 326 g/mol. The lowest BCUT2D eigenvalue weighted by Crippen LogP contribution is -2.37. The average Bonchev–Trinajstić information content (AvgIpc) is 2.79. The van der Waals surface area contributed by atoms with E-state index in [1.165, 1.54) is 6.07 Å². The maximum Gasteiger partial charge on any atom is 0.240 e. The Balaban J connectivity index is 2.19. The van der Waals surface area contributed by atoms with Crippen LogP contribution in [0.15, 0.2) is 29.2 Å². The Kier molecular flexibility index (Phi) is 5.01. The van der Waals surface area contributed by atoms with Gasteiger partial charge in [-0.3, -0.25) is 0 Å². The molecule has 6 heteroatoms.